The van der Waals surface area contributed by atoms with Crippen LogP contribution in [-0.4, -0.2) is 26.8 Å². The van der Waals surface area contributed by atoms with E-state index >= 15 is 0 Å². The van der Waals surface area contributed by atoms with Gasteiger partial charge < -0.3 is 10.4 Å². The number of thioether (sulfide) groups is 1. The van der Waals surface area contributed by atoms with E-state index in [1.165, 1.54) is 0 Å². The summed E-state index contributed by atoms with van der Waals surface area (Å²) in [5.41, 5.74) is 1.76. The maximum Gasteiger partial charge on any atom is 0.313 e. The Labute approximate surface area is 142 Å². The maximum absolute atomic E-state index is 10.6. The smallest absolute Gasteiger partial charge is 0.313 e. The van der Waals surface area contributed by atoms with Crippen LogP contribution in [0, 0.1) is 6.92 Å². The second-order valence-corrected chi connectivity index (χ2v) is 6.17. The second kappa shape index (κ2) is 7.67. The fraction of sp³-hybridized carbons (Fsp3) is 0.214. The lowest BCUT2D eigenvalue weighted by Gasteiger charge is -2.11. The molecular formula is C14H13Cl2N3O2S. The van der Waals surface area contributed by atoms with Crippen molar-refractivity contribution >= 4 is 46.8 Å². The van der Waals surface area contributed by atoms with Gasteiger partial charge in [-0.25, -0.2) is 9.97 Å². The summed E-state index contributed by atoms with van der Waals surface area (Å²) in [6.07, 6.45) is 0. The first-order valence-electron chi connectivity index (χ1n) is 6.32. The van der Waals surface area contributed by atoms with Gasteiger partial charge >= 0.3 is 5.97 Å². The number of carboxylic acid groups (broad SMARTS) is 1. The van der Waals surface area contributed by atoms with Crippen molar-refractivity contribution in [3.05, 3.63) is 45.6 Å². The molecule has 0 aliphatic heterocycles. The van der Waals surface area contributed by atoms with Crippen molar-refractivity contribution in [2.75, 3.05) is 11.1 Å². The Balaban J connectivity index is 2.11. The maximum atomic E-state index is 10.6. The third kappa shape index (κ3) is 4.76. The van der Waals surface area contributed by atoms with Gasteiger partial charge in [0.25, 0.3) is 0 Å². The SMILES string of the molecule is Cc1c(Cl)nc(SCC(=O)O)nc1NCc1ccc(Cl)cc1. The molecule has 0 bridgehead atoms. The van der Waals surface area contributed by atoms with E-state index in [2.05, 4.69) is 15.3 Å². The monoisotopic (exact) mass is 357 g/mol. The molecule has 2 aromatic rings. The lowest BCUT2D eigenvalue weighted by atomic mass is 10.2. The van der Waals surface area contributed by atoms with Gasteiger partial charge in [0.05, 0.1) is 5.75 Å². The lowest BCUT2D eigenvalue weighted by Crippen LogP contribution is -2.06. The molecule has 5 nitrogen and oxygen atoms in total. The molecule has 0 saturated carbocycles. The van der Waals surface area contributed by atoms with Gasteiger partial charge in [-0.05, 0) is 24.6 Å². The minimum atomic E-state index is -0.930. The molecule has 0 unspecified atom stereocenters. The molecule has 0 spiro atoms. The molecule has 1 aromatic carbocycles. The van der Waals surface area contributed by atoms with Crippen molar-refractivity contribution in [1.29, 1.82) is 0 Å². The highest BCUT2D eigenvalue weighted by atomic mass is 35.5. The number of anilines is 1. The first kappa shape index (κ1) is 16.9. The number of carbonyl (C=O) groups is 1. The quantitative estimate of drug-likeness (QED) is 0.464. The zero-order chi connectivity index (χ0) is 16.1. The predicted molar refractivity (Wildman–Crippen MR) is 88.9 cm³/mol. The standard InChI is InChI=1S/C14H13Cl2N3O2S/c1-8-12(16)18-14(22-7-11(20)21)19-13(8)17-6-9-2-4-10(15)5-3-9/h2-5H,6-7H2,1H3,(H,20,21)(H,17,18,19). The Kier molecular flexibility index (Phi) is 5.88. The molecular weight excluding hydrogens is 345 g/mol. The number of hydrogen-bond donors (Lipinski definition) is 2. The normalized spacial score (nSPS) is 10.5. The van der Waals surface area contributed by atoms with Gasteiger partial charge in [0.15, 0.2) is 5.16 Å². The van der Waals surface area contributed by atoms with Gasteiger partial charge in [-0.3, -0.25) is 4.79 Å². The van der Waals surface area contributed by atoms with Crippen LogP contribution in [0.15, 0.2) is 29.4 Å². The van der Waals surface area contributed by atoms with Gasteiger partial charge in [0.2, 0.25) is 0 Å². The number of nitrogens with zero attached hydrogens (tertiary/aromatic N) is 2. The number of aromatic nitrogens is 2. The number of benzene rings is 1. The fourth-order valence-electron chi connectivity index (χ4n) is 1.62. The van der Waals surface area contributed by atoms with Crippen molar-refractivity contribution in [2.24, 2.45) is 0 Å². The molecule has 0 aliphatic rings. The predicted octanol–water partition coefficient (Wildman–Crippen LogP) is 3.88. The molecule has 0 radical (unpaired) electrons. The van der Waals surface area contributed by atoms with Crippen LogP contribution >= 0.6 is 35.0 Å². The summed E-state index contributed by atoms with van der Waals surface area (Å²) in [5, 5.41) is 13.2. The molecule has 8 heteroatoms. The van der Waals surface area contributed by atoms with E-state index in [1.807, 2.05) is 24.3 Å². The Morgan fingerprint density at radius 1 is 1.27 bits per heavy atom. The molecule has 0 saturated heterocycles. The van der Waals surface area contributed by atoms with E-state index in [-0.39, 0.29) is 5.75 Å². The Morgan fingerprint density at radius 2 is 1.95 bits per heavy atom. The minimum absolute atomic E-state index is 0.115. The topological polar surface area (TPSA) is 75.1 Å². The summed E-state index contributed by atoms with van der Waals surface area (Å²) >= 11 is 12.9. The molecule has 116 valence electrons. The van der Waals surface area contributed by atoms with Gasteiger partial charge in [-0.15, -0.1) is 0 Å². The Morgan fingerprint density at radius 3 is 2.59 bits per heavy atom. The summed E-state index contributed by atoms with van der Waals surface area (Å²) in [5.74, 6) is -0.459. The highest BCUT2D eigenvalue weighted by Crippen LogP contribution is 2.24. The fourth-order valence-corrected chi connectivity index (χ4v) is 2.53. The third-order valence-electron chi connectivity index (χ3n) is 2.76. The average Bonchev–Trinajstić information content (AvgIpc) is 2.48. The zero-order valence-electron chi connectivity index (χ0n) is 11.6. The molecule has 0 fully saturated rings. The Hall–Kier alpha value is -1.50. The van der Waals surface area contributed by atoms with Crippen molar-refractivity contribution in [3.63, 3.8) is 0 Å². The number of carboxylic acids is 1. The van der Waals surface area contributed by atoms with Crippen LogP contribution in [0.2, 0.25) is 10.2 Å². The largest absolute Gasteiger partial charge is 0.481 e. The summed E-state index contributed by atoms with van der Waals surface area (Å²) in [6.45, 7) is 2.35. The Bertz CT molecular complexity index is 681. The molecule has 2 N–H and O–H groups in total. The van der Waals surface area contributed by atoms with Crippen molar-refractivity contribution in [2.45, 2.75) is 18.6 Å². The summed E-state index contributed by atoms with van der Waals surface area (Å²) in [6, 6.07) is 7.44. The zero-order valence-corrected chi connectivity index (χ0v) is 14.0. The van der Waals surface area contributed by atoms with Crippen LogP contribution in [0.1, 0.15) is 11.1 Å². The van der Waals surface area contributed by atoms with Crippen LogP contribution in [0.25, 0.3) is 0 Å². The van der Waals surface area contributed by atoms with Gasteiger partial charge in [0, 0.05) is 17.1 Å². The highest BCUT2D eigenvalue weighted by molar-refractivity contribution is 7.99. The van der Waals surface area contributed by atoms with Gasteiger partial charge in [-0.2, -0.15) is 0 Å². The number of aliphatic carboxylic acids is 1. The minimum Gasteiger partial charge on any atom is -0.481 e. The van der Waals surface area contributed by atoms with Crippen molar-refractivity contribution in [1.82, 2.24) is 9.97 Å². The first-order valence-corrected chi connectivity index (χ1v) is 8.07. The van der Waals surface area contributed by atoms with Crippen LogP contribution in [-0.2, 0) is 11.3 Å². The van der Waals surface area contributed by atoms with E-state index < -0.39 is 5.97 Å². The average molecular weight is 358 g/mol. The molecule has 22 heavy (non-hydrogen) atoms. The van der Waals surface area contributed by atoms with Gasteiger partial charge in [0.1, 0.15) is 11.0 Å². The number of hydrogen-bond acceptors (Lipinski definition) is 5. The number of rotatable bonds is 6. The van der Waals surface area contributed by atoms with E-state index in [1.54, 1.807) is 6.92 Å². The summed E-state index contributed by atoms with van der Waals surface area (Å²) in [7, 11) is 0. The van der Waals surface area contributed by atoms with Crippen molar-refractivity contribution < 1.29 is 9.90 Å². The van der Waals surface area contributed by atoms with E-state index in [9.17, 15) is 4.79 Å². The first-order chi connectivity index (χ1) is 10.5. The van der Waals surface area contributed by atoms with E-state index in [0.717, 1.165) is 22.9 Å². The van der Waals surface area contributed by atoms with Crippen LogP contribution in [0.5, 0.6) is 0 Å². The number of halogens is 2. The lowest BCUT2D eigenvalue weighted by molar-refractivity contribution is -0.133. The summed E-state index contributed by atoms with van der Waals surface area (Å²) < 4.78 is 0. The van der Waals surface area contributed by atoms with Crippen LogP contribution in [0.3, 0.4) is 0 Å². The molecule has 1 aromatic heterocycles. The third-order valence-corrected chi connectivity index (χ3v) is 4.22. The molecule has 0 atom stereocenters. The van der Waals surface area contributed by atoms with E-state index in [0.29, 0.717) is 27.7 Å². The van der Waals surface area contributed by atoms with Crippen LogP contribution < -0.4 is 5.32 Å². The molecule has 0 aliphatic carbocycles. The molecule has 2 rings (SSSR count). The highest BCUT2D eigenvalue weighted by Gasteiger charge is 2.11. The molecule has 0 amide bonds. The van der Waals surface area contributed by atoms with E-state index in [4.69, 9.17) is 28.3 Å². The number of nitrogens with one attached hydrogen (secondary N) is 1. The second-order valence-electron chi connectivity index (χ2n) is 4.43. The van der Waals surface area contributed by atoms with Gasteiger partial charge in [-0.1, -0.05) is 47.1 Å². The summed E-state index contributed by atoms with van der Waals surface area (Å²) in [4.78, 5) is 19.0. The molecule has 1 heterocycles. The van der Waals surface area contributed by atoms with Crippen molar-refractivity contribution in [3.8, 4) is 0 Å². The van der Waals surface area contributed by atoms with Crippen LogP contribution in [0.4, 0.5) is 5.82 Å².